The minimum atomic E-state index is -0.648. The monoisotopic (exact) mass is 559 g/mol. The first kappa shape index (κ1) is 28.4. The van der Waals surface area contributed by atoms with E-state index in [2.05, 4.69) is 10.6 Å². The number of ether oxygens (including phenoxy) is 2. The van der Waals surface area contributed by atoms with Crippen LogP contribution in [0.1, 0.15) is 24.8 Å². The van der Waals surface area contributed by atoms with Crippen molar-refractivity contribution in [3.63, 3.8) is 0 Å². The summed E-state index contributed by atoms with van der Waals surface area (Å²) in [6.45, 7) is 1.03. The van der Waals surface area contributed by atoms with E-state index in [1.807, 2.05) is 0 Å². The molecule has 0 aromatic heterocycles. The number of rotatable bonds is 11. The zero-order valence-electron chi connectivity index (χ0n) is 20.2. The van der Waals surface area contributed by atoms with E-state index >= 15 is 0 Å². The number of halogens is 2. The fourth-order valence-electron chi connectivity index (χ4n) is 3.21. The van der Waals surface area contributed by atoms with Crippen molar-refractivity contribution < 1.29 is 28.8 Å². The van der Waals surface area contributed by atoms with Gasteiger partial charge < -0.3 is 20.1 Å². The van der Waals surface area contributed by atoms with Gasteiger partial charge in [0, 0.05) is 40.9 Å². The summed E-state index contributed by atoms with van der Waals surface area (Å²) in [4.78, 5) is 46.5. The minimum Gasteiger partial charge on any atom is -0.456 e. The van der Waals surface area contributed by atoms with Crippen LogP contribution in [-0.4, -0.2) is 29.3 Å². The van der Waals surface area contributed by atoms with E-state index in [1.165, 1.54) is 18.2 Å². The van der Waals surface area contributed by atoms with Gasteiger partial charge in [-0.25, -0.2) is 0 Å². The van der Waals surface area contributed by atoms with Gasteiger partial charge in [-0.2, -0.15) is 0 Å². The minimum absolute atomic E-state index is 0.0625. The number of anilines is 2. The molecular formula is C26H23Cl2N3O7. The number of nitro benzene ring substituents is 1. The molecule has 198 valence electrons. The van der Waals surface area contributed by atoms with Gasteiger partial charge in [-0.3, -0.25) is 24.5 Å². The fraction of sp³-hybridized carbons (Fsp3) is 0.192. The number of hydrogen-bond acceptors (Lipinski definition) is 7. The Balaban J connectivity index is 1.35. The zero-order chi connectivity index (χ0) is 27.7. The highest BCUT2D eigenvalue weighted by molar-refractivity contribution is 6.35. The number of benzene rings is 3. The van der Waals surface area contributed by atoms with Gasteiger partial charge in [0.15, 0.2) is 6.61 Å². The number of aryl methyl sites for hydroxylation is 1. The summed E-state index contributed by atoms with van der Waals surface area (Å²) >= 11 is 12.0. The third-order valence-electron chi connectivity index (χ3n) is 5.10. The van der Waals surface area contributed by atoms with Crippen LogP contribution in [0, 0.1) is 17.0 Å². The standard InChI is InChI=1S/C26H23Cl2N3O7/c1-16-5-7-19(14-22(16)31(35)36)30-25(33)15-37-26(34)4-2-3-24(32)29-18-8-10-20(11-9-18)38-23-12-6-17(27)13-21(23)28/h5-14H,2-4,15H2,1H3,(H,29,32)(H,30,33). The molecule has 0 radical (unpaired) electrons. The quantitative estimate of drug-likeness (QED) is 0.160. The van der Waals surface area contributed by atoms with Crippen molar-refractivity contribution in [2.75, 3.05) is 17.2 Å². The van der Waals surface area contributed by atoms with Gasteiger partial charge >= 0.3 is 5.97 Å². The summed E-state index contributed by atoms with van der Waals surface area (Å²) in [6, 6.07) is 15.8. The molecule has 3 aromatic rings. The van der Waals surface area contributed by atoms with Crippen LogP contribution in [0.4, 0.5) is 17.1 Å². The first-order chi connectivity index (χ1) is 18.1. The summed E-state index contributed by atoms with van der Waals surface area (Å²) in [7, 11) is 0. The number of hydrogen-bond donors (Lipinski definition) is 2. The molecule has 2 amide bonds. The summed E-state index contributed by atoms with van der Waals surface area (Å²) in [5, 5.41) is 17.0. The third kappa shape index (κ3) is 8.75. The Labute approximate surface area is 228 Å². The molecule has 0 spiro atoms. The molecule has 0 heterocycles. The Morgan fingerprint density at radius 3 is 2.26 bits per heavy atom. The molecule has 0 saturated carbocycles. The largest absolute Gasteiger partial charge is 0.456 e. The smallest absolute Gasteiger partial charge is 0.306 e. The van der Waals surface area contributed by atoms with E-state index in [1.54, 1.807) is 49.4 Å². The second-order valence-electron chi connectivity index (χ2n) is 8.07. The van der Waals surface area contributed by atoms with Gasteiger partial charge in [0.25, 0.3) is 11.6 Å². The molecule has 0 aliphatic carbocycles. The van der Waals surface area contributed by atoms with Crippen molar-refractivity contribution in [3.8, 4) is 11.5 Å². The molecule has 0 fully saturated rings. The van der Waals surface area contributed by atoms with E-state index in [0.29, 0.717) is 32.8 Å². The number of carbonyl (C=O) groups excluding carboxylic acids is 3. The first-order valence-electron chi connectivity index (χ1n) is 11.3. The average Bonchev–Trinajstić information content (AvgIpc) is 2.86. The lowest BCUT2D eigenvalue weighted by molar-refractivity contribution is -0.385. The maximum absolute atomic E-state index is 12.2. The van der Waals surface area contributed by atoms with Crippen molar-refractivity contribution in [1.82, 2.24) is 0 Å². The van der Waals surface area contributed by atoms with Crippen molar-refractivity contribution in [2.45, 2.75) is 26.2 Å². The predicted octanol–water partition coefficient (Wildman–Crippen LogP) is 6.29. The molecule has 38 heavy (non-hydrogen) atoms. The number of amides is 2. The lowest BCUT2D eigenvalue weighted by atomic mass is 10.2. The average molecular weight is 560 g/mol. The molecule has 0 aliphatic rings. The molecule has 3 rings (SSSR count). The number of carbonyl (C=O) groups is 3. The van der Waals surface area contributed by atoms with Gasteiger partial charge in [0.1, 0.15) is 11.5 Å². The SMILES string of the molecule is Cc1ccc(NC(=O)COC(=O)CCCC(=O)Nc2ccc(Oc3ccc(Cl)cc3Cl)cc2)cc1[N+](=O)[O-]. The predicted molar refractivity (Wildman–Crippen MR) is 143 cm³/mol. The number of nitro groups is 1. The topological polar surface area (TPSA) is 137 Å². The highest BCUT2D eigenvalue weighted by atomic mass is 35.5. The van der Waals surface area contributed by atoms with Crippen molar-refractivity contribution >= 4 is 58.0 Å². The summed E-state index contributed by atoms with van der Waals surface area (Å²) in [5.41, 5.74) is 1.08. The maximum Gasteiger partial charge on any atom is 0.306 e. The van der Waals surface area contributed by atoms with Crippen molar-refractivity contribution in [3.05, 3.63) is 86.4 Å². The van der Waals surface area contributed by atoms with Crippen LogP contribution in [0.15, 0.2) is 60.7 Å². The molecule has 0 atom stereocenters. The molecule has 0 bridgehead atoms. The van der Waals surface area contributed by atoms with Crippen LogP contribution >= 0.6 is 23.2 Å². The first-order valence-corrected chi connectivity index (χ1v) is 12.1. The maximum atomic E-state index is 12.2. The molecular weight excluding hydrogens is 537 g/mol. The van der Waals surface area contributed by atoms with E-state index in [0.717, 1.165) is 0 Å². The third-order valence-corrected chi connectivity index (χ3v) is 5.63. The Hall–Kier alpha value is -4.15. The summed E-state index contributed by atoms with van der Waals surface area (Å²) in [6.07, 6.45) is 0.213. The second-order valence-corrected chi connectivity index (χ2v) is 8.91. The molecule has 0 aliphatic heterocycles. The van der Waals surface area contributed by atoms with Crippen LogP contribution in [0.2, 0.25) is 10.0 Å². The molecule has 0 unspecified atom stereocenters. The van der Waals surface area contributed by atoms with Gasteiger partial charge in [-0.05, 0) is 61.9 Å². The van der Waals surface area contributed by atoms with E-state index in [4.69, 9.17) is 32.7 Å². The Morgan fingerprint density at radius 1 is 0.895 bits per heavy atom. The molecule has 3 aromatic carbocycles. The number of esters is 1. The molecule has 12 heteroatoms. The lowest BCUT2D eigenvalue weighted by Crippen LogP contribution is -2.21. The lowest BCUT2D eigenvalue weighted by Gasteiger charge is -2.10. The van der Waals surface area contributed by atoms with E-state index in [-0.39, 0.29) is 36.5 Å². The van der Waals surface area contributed by atoms with Gasteiger partial charge in [0.05, 0.1) is 9.95 Å². The van der Waals surface area contributed by atoms with Crippen LogP contribution in [0.3, 0.4) is 0 Å². The van der Waals surface area contributed by atoms with Crippen LogP contribution < -0.4 is 15.4 Å². The van der Waals surface area contributed by atoms with E-state index in [9.17, 15) is 24.5 Å². The summed E-state index contributed by atoms with van der Waals surface area (Å²) in [5.74, 6) is -0.632. The Morgan fingerprint density at radius 2 is 1.58 bits per heavy atom. The normalized spacial score (nSPS) is 10.4. The number of nitrogens with zero attached hydrogens (tertiary/aromatic N) is 1. The Kier molecular flexibility index (Phi) is 10.0. The van der Waals surface area contributed by atoms with Crippen molar-refractivity contribution in [1.29, 1.82) is 0 Å². The van der Waals surface area contributed by atoms with E-state index < -0.39 is 23.4 Å². The summed E-state index contributed by atoms with van der Waals surface area (Å²) < 4.78 is 10.6. The Bertz CT molecular complexity index is 1350. The van der Waals surface area contributed by atoms with Crippen LogP contribution in [0.5, 0.6) is 11.5 Å². The van der Waals surface area contributed by atoms with Crippen LogP contribution in [-0.2, 0) is 19.1 Å². The van der Waals surface area contributed by atoms with Crippen molar-refractivity contribution in [2.24, 2.45) is 0 Å². The number of nitrogens with one attached hydrogen (secondary N) is 2. The molecule has 2 N–H and O–H groups in total. The van der Waals surface area contributed by atoms with Crippen LogP contribution in [0.25, 0.3) is 0 Å². The van der Waals surface area contributed by atoms with Gasteiger partial charge in [-0.1, -0.05) is 29.3 Å². The highest BCUT2D eigenvalue weighted by Gasteiger charge is 2.14. The fourth-order valence-corrected chi connectivity index (χ4v) is 3.65. The molecule has 10 nitrogen and oxygen atoms in total. The zero-order valence-corrected chi connectivity index (χ0v) is 21.7. The molecule has 0 saturated heterocycles. The second kappa shape index (κ2) is 13.4. The van der Waals surface area contributed by atoms with Gasteiger partial charge in [0.2, 0.25) is 5.91 Å². The highest BCUT2D eigenvalue weighted by Crippen LogP contribution is 2.32. The van der Waals surface area contributed by atoms with Gasteiger partial charge in [-0.15, -0.1) is 0 Å².